The number of nitrogens with one attached hydrogen (secondary N) is 1. The van der Waals surface area contributed by atoms with Gasteiger partial charge in [-0.05, 0) is 48.7 Å². The predicted molar refractivity (Wildman–Crippen MR) is 117 cm³/mol. The van der Waals surface area contributed by atoms with Crippen LogP contribution in [0.25, 0.3) is 0 Å². The molecule has 1 N–H and O–H groups in total. The summed E-state index contributed by atoms with van der Waals surface area (Å²) in [5, 5.41) is 3.50. The third-order valence-electron chi connectivity index (χ3n) is 5.75. The normalized spacial score (nSPS) is 15.6. The summed E-state index contributed by atoms with van der Waals surface area (Å²) in [6.07, 6.45) is 1.12. The topological polar surface area (TPSA) is 75.7 Å². The second-order valence-corrected chi connectivity index (χ2v) is 9.78. The summed E-state index contributed by atoms with van der Waals surface area (Å²) in [7, 11) is -3.85. The first-order valence-corrected chi connectivity index (χ1v) is 12.0. The third kappa shape index (κ3) is 4.92. The van der Waals surface area contributed by atoms with Gasteiger partial charge in [0.2, 0.25) is 10.0 Å². The predicted octanol–water partition coefficient (Wildman–Crippen LogP) is 3.95. The Kier molecular flexibility index (Phi) is 7.36. The number of benzene rings is 2. The molecule has 0 aromatic heterocycles. The lowest BCUT2D eigenvalue weighted by Gasteiger charge is -2.34. The van der Waals surface area contributed by atoms with Crippen LogP contribution in [0.4, 0.5) is 4.39 Å². The summed E-state index contributed by atoms with van der Waals surface area (Å²) in [6, 6.07) is 10.4. The molecule has 1 fully saturated rings. The molecule has 0 saturated carbocycles. The summed E-state index contributed by atoms with van der Waals surface area (Å²) >= 11 is 5.99. The van der Waals surface area contributed by atoms with Crippen LogP contribution in [0.15, 0.2) is 47.4 Å². The van der Waals surface area contributed by atoms with Gasteiger partial charge in [0.15, 0.2) is 0 Å². The molecule has 2 aromatic rings. The van der Waals surface area contributed by atoms with Gasteiger partial charge in [0.25, 0.3) is 5.91 Å². The number of nitrogens with zero attached hydrogens (tertiary/aromatic N) is 1. The lowest BCUT2D eigenvalue weighted by Crippen LogP contribution is -2.45. The van der Waals surface area contributed by atoms with Gasteiger partial charge in [-0.15, -0.1) is 0 Å². The highest BCUT2D eigenvalue weighted by molar-refractivity contribution is 7.89. The second kappa shape index (κ2) is 9.65. The molecule has 1 aliphatic rings. The zero-order chi connectivity index (χ0) is 22.6. The van der Waals surface area contributed by atoms with E-state index in [9.17, 15) is 17.6 Å². The molecule has 1 amide bonds. The number of morpholine rings is 1. The Morgan fingerprint density at radius 3 is 2.32 bits per heavy atom. The Morgan fingerprint density at radius 1 is 1.13 bits per heavy atom. The number of carbonyl (C=O) groups excluding carboxylic acids is 1. The molecule has 168 valence electrons. The maximum atomic E-state index is 14.6. The van der Waals surface area contributed by atoms with Crippen molar-refractivity contribution in [3.05, 3.63) is 64.4 Å². The minimum Gasteiger partial charge on any atom is -0.379 e. The highest BCUT2D eigenvalue weighted by atomic mass is 35.5. The van der Waals surface area contributed by atoms with E-state index in [2.05, 4.69) is 5.32 Å². The Labute approximate surface area is 187 Å². The van der Waals surface area contributed by atoms with Crippen molar-refractivity contribution in [1.82, 2.24) is 9.62 Å². The first kappa shape index (κ1) is 23.7. The first-order valence-electron chi connectivity index (χ1n) is 10.2. The van der Waals surface area contributed by atoms with E-state index < -0.39 is 27.3 Å². The number of ether oxygens (including phenoxy) is 1. The Hall–Kier alpha value is -2.00. The number of rotatable bonds is 7. The Bertz CT molecular complexity index is 1030. The lowest BCUT2D eigenvalue weighted by atomic mass is 9.84. The SMILES string of the molecule is CCC(CC)(NC(=O)c1cc(S(=O)(=O)N2CCOCC2)ccc1F)c1ccc(Cl)cc1. The highest BCUT2D eigenvalue weighted by Crippen LogP contribution is 2.31. The zero-order valence-corrected chi connectivity index (χ0v) is 19.1. The number of halogens is 2. The fourth-order valence-corrected chi connectivity index (χ4v) is 5.30. The minimum absolute atomic E-state index is 0.119. The molecule has 3 rings (SSSR count). The van der Waals surface area contributed by atoms with E-state index in [0.717, 1.165) is 17.7 Å². The molecule has 2 aromatic carbocycles. The molecule has 0 atom stereocenters. The van der Waals surface area contributed by atoms with Crippen molar-refractivity contribution in [2.24, 2.45) is 0 Å². The maximum Gasteiger partial charge on any atom is 0.254 e. The zero-order valence-electron chi connectivity index (χ0n) is 17.5. The van der Waals surface area contributed by atoms with Crippen LogP contribution in [0.2, 0.25) is 5.02 Å². The Morgan fingerprint density at radius 2 is 1.74 bits per heavy atom. The second-order valence-electron chi connectivity index (χ2n) is 7.41. The summed E-state index contributed by atoms with van der Waals surface area (Å²) in [4.78, 5) is 13.0. The van der Waals surface area contributed by atoms with Crippen molar-refractivity contribution < 1.29 is 22.3 Å². The molecule has 31 heavy (non-hydrogen) atoms. The summed E-state index contributed by atoms with van der Waals surface area (Å²) < 4.78 is 46.9. The molecule has 0 unspecified atom stereocenters. The van der Waals surface area contributed by atoms with E-state index in [1.54, 1.807) is 12.1 Å². The van der Waals surface area contributed by atoms with E-state index in [1.807, 2.05) is 26.0 Å². The van der Waals surface area contributed by atoms with E-state index in [-0.39, 0.29) is 23.5 Å². The lowest BCUT2D eigenvalue weighted by molar-refractivity contribution is 0.0730. The van der Waals surface area contributed by atoms with Crippen LogP contribution in [0, 0.1) is 5.82 Å². The van der Waals surface area contributed by atoms with Crippen LogP contribution in [0.3, 0.4) is 0 Å². The molecule has 1 heterocycles. The number of sulfonamides is 1. The van der Waals surface area contributed by atoms with Gasteiger partial charge >= 0.3 is 0 Å². The fourth-order valence-electron chi connectivity index (χ4n) is 3.74. The summed E-state index contributed by atoms with van der Waals surface area (Å²) in [5.74, 6) is -1.45. The number of hydrogen-bond donors (Lipinski definition) is 1. The van der Waals surface area contributed by atoms with Crippen LogP contribution in [0.1, 0.15) is 42.6 Å². The monoisotopic (exact) mass is 468 g/mol. The quantitative estimate of drug-likeness (QED) is 0.667. The van der Waals surface area contributed by atoms with Crippen molar-refractivity contribution in [2.75, 3.05) is 26.3 Å². The molecule has 0 bridgehead atoms. The van der Waals surface area contributed by atoms with Crippen molar-refractivity contribution in [3.63, 3.8) is 0 Å². The highest BCUT2D eigenvalue weighted by Gasteiger charge is 2.33. The molecule has 0 radical (unpaired) electrons. The van der Waals surface area contributed by atoms with E-state index >= 15 is 0 Å². The number of carbonyl (C=O) groups is 1. The minimum atomic E-state index is -3.85. The van der Waals surface area contributed by atoms with Gasteiger partial charge in [-0.3, -0.25) is 4.79 Å². The molecule has 0 aliphatic carbocycles. The smallest absolute Gasteiger partial charge is 0.254 e. The average molecular weight is 469 g/mol. The van der Waals surface area contributed by atoms with Gasteiger partial charge in [0.05, 0.1) is 29.2 Å². The van der Waals surface area contributed by atoms with Crippen LogP contribution in [-0.2, 0) is 20.3 Å². The van der Waals surface area contributed by atoms with E-state index in [1.165, 1.54) is 10.4 Å². The molecule has 6 nitrogen and oxygen atoms in total. The van der Waals surface area contributed by atoms with Gasteiger partial charge < -0.3 is 10.1 Å². The molecule has 0 spiro atoms. The average Bonchev–Trinajstić information content (AvgIpc) is 2.78. The van der Waals surface area contributed by atoms with Crippen LogP contribution in [0.5, 0.6) is 0 Å². The molecule has 1 aliphatic heterocycles. The van der Waals surface area contributed by atoms with Gasteiger partial charge in [0, 0.05) is 18.1 Å². The van der Waals surface area contributed by atoms with Crippen molar-refractivity contribution in [3.8, 4) is 0 Å². The Balaban J connectivity index is 1.93. The number of hydrogen-bond acceptors (Lipinski definition) is 4. The third-order valence-corrected chi connectivity index (χ3v) is 7.89. The van der Waals surface area contributed by atoms with Crippen molar-refractivity contribution in [1.29, 1.82) is 0 Å². The molecular formula is C22H26ClFN2O4S. The van der Waals surface area contributed by atoms with Gasteiger partial charge in [-0.2, -0.15) is 4.31 Å². The first-order chi connectivity index (χ1) is 14.7. The number of amides is 1. The van der Waals surface area contributed by atoms with Gasteiger partial charge in [0.1, 0.15) is 5.82 Å². The van der Waals surface area contributed by atoms with Crippen molar-refractivity contribution in [2.45, 2.75) is 37.1 Å². The fraction of sp³-hybridized carbons (Fsp3) is 0.409. The van der Waals surface area contributed by atoms with Gasteiger partial charge in [-0.1, -0.05) is 37.6 Å². The summed E-state index contributed by atoms with van der Waals surface area (Å²) in [5.41, 5.74) is -0.213. The van der Waals surface area contributed by atoms with Crippen LogP contribution in [-0.4, -0.2) is 44.9 Å². The van der Waals surface area contributed by atoms with Crippen LogP contribution < -0.4 is 5.32 Å². The van der Waals surface area contributed by atoms with Gasteiger partial charge in [-0.25, -0.2) is 12.8 Å². The van der Waals surface area contributed by atoms with Crippen LogP contribution >= 0.6 is 11.6 Å². The van der Waals surface area contributed by atoms with E-state index in [4.69, 9.17) is 16.3 Å². The van der Waals surface area contributed by atoms with E-state index in [0.29, 0.717) is 31.1 Å². The standard InChI is InChI=1S/C22H26ClFN2O4S/c1-3-22(4-2,16-5-7-17(23)8-6-16)25-21(27)19-15-18(9-10-20(19)24)31(28,29)26-11-13-30-14-12-26/h5-10,15H,3-4,11-14H2,1-2H3,(H,25,27). The molecule has 9 heteroatoms. The largest absolute Gasteiger partial charge is 0.379 e. The van der Waals surface area contributed by atoms with Crippen molar-refractivity contribution >= 4 is 27.5 Å². The molecular weight excluding hydrogens is 443 g/mol. The maximum absolute atomic E-state index is 14.6. The molecule has 1 saturated heterocycles. The summed E-state index contributed by atoms with van der Waals surface area (Å²) in [6.45, 7) is 4.87.